The molecular weight excluding hydrogens is 394 g/mol. The van der Waals surface area contributed by atoms with Crippen LogP contribution in [0.15, 0.2) is 29.4 Å². The number of carbonyl (C=O) groups is 2. The van der Waals surface area contributed by atoms with E-state index in [-0.39, 0.29) is 34.3 Å². The number of aromatic hydroxyl groups is 1. The van der Waals surface area contributed by atoms with E-state index in [1.165, 1.54) is 7.11 Å². The lowest BCUT2D eigenvalue weighted by molar-refractivity contribution is -0.148. The summed E-state index contributed by atoms with van der Waals surface area (Å²) in [6.45, 7) is 9.99. The van der Waals surface area contributed by atoms with Gasteiger partial charge in [0, 0.05) is 23.7 Å². The van der Waals surface area contributed by atoms with Gasteiger partial charge in [-0.2, -0.15) is 0 Å². The van der Waals surface area contributed by atoms with E-state index in [1.54, 1.807) is 19.1 Å². The van der Waals surface area contributed by atoms with Crippen molar-refractivity contribution in [3.8, 4) is 11.5 Å². The van der Waals surface area contributed by atoms with Crippen molar-refractivity contribution in [1.82, 2.24) is 0 Å². The Balaban J connectivity index is 2.20. The van der Waals surface area contributed by atoms with Crippen LogP contribution in [0.2, 0.25) is 5.02 Å². The Morgan fingerprint density at radius 2 is 2.07 bits per heavy atom. The lowest BCUT2D eigenvalue weighted by Gasteiger charge is -2.43. The van der Waals surface area contributed by atoms with Crippen LogP contribution >= 0.6 is 11.6 Å². The molecule has 1 N–H and O–H groups in total. The fourth-order valence-electron chi connectivity index (χ4n) is 4.44. The molecule has 29 heavy (non-hydrogen) atoms. The van der Waals surface area contributed by atoms with E-state index in [0.29, 0.717) is 24.1 Å². The molecule has 3 unspecified atom stereocenters. The third kappa shape index (κ3) is 3.90. The van der Waals surface area contributed by atoms with Gasteiger partial charge in [-0.1, -0.05) is 32.0 Å². The van der Waals surface area contributed by atoms with E-state index in [2.05, 4.69) is 11.6 Å². The summed E-state index contributed by atoms with van der Waals surface area (Å²) in [6.07, 6.45) is 1.02. The molecule has 3 rings (SSSR count). The molecule has 0 amide bonds. The fraction of sp³-hybridized carbons (Fsp3) is 0.500. The summed E-state index contributed by atoms with van der Waals surface area (Å²) in [5.74, 6) is -2.45. The van der Waals surface area contributed by atoms with Gasteiger partial charge in [-0.05, 0) is 36.5 Å². The van der Waals surface area contributed by atoms with Crippen LogP contribution in [0.3, 0.4) is 0 Å². The van der Waals surface area contributed by atoms with E-state index >= 15 is 0 Å². The van der Waals surface area contributed by atoms with Crippen molar-refractivity contribution in [2.24, 2.45) is 22.2 Å². The lowest BCUT2D eigenvalue weighted by atomic mass is 9.61. The third-order valence-corrected chi connectivity index (χ3v) is 5.87. The number of esters is 1. The summed E-state index contributed by atoms with van der Waals surface area (Å²) in [5.41, 5.74) is 1.49. The van der Waals surface area contributed by atoms with Gasteiger partial charge in [0.15, 0.2) is 11.5 Å². The molecular formula is C22H26ClNO5. The average Bonchev–Trinajstić information content (AvgIpc) is 2.61. The molecule has 1 heterocycles. The van der Waals surface area contributed by atoms with Gasteiger partial charge < -0.3 is 14.6 Å². The number of benzene rings is 1. The van der Waals surface area contributed by atoms with Crippen LogP contribution in [-0.2, 0) is 14.3 Å². The number of phenolic OH excluding ortho intramolecular Hbond substituents is 1. The monoisotopic (exact) mass is 419 g/mol. The maximum Gasteiger partial charge on any atom is 0.315 e. The van der Waals surface area contributed by atoms with Gasteiger partial charge in [0.2, 0.25) is 0 Å². The zero-order valence-corrected chi connectivity index (χ0v) is 17.9. The van der Waals surface area contributed by atoms with Gasteiger partial charge in [-0.15, -0.1) is 0 Å². The molecule has 156 valence electrons. The molecule has 3 atom stereocenters. The molecule has 1 aliphatic heterocycles. The Morgan fingerprint density at radius 1 is 1.38 bits per heavy atom. The molecule has 1 saturated carbocycles. The Kier molecular flexibility index (Phi) is 5.77. The standard InChI is InChI=1S/C22H26ClNO5/c1-6-29-21(27)17-11(2)24-14-9-22(3,4)10-15(25)19(14)18(17)12-7-13(23)20(26)16(8-12)28-5/h7-8,17-19,26H,2,6,9-10H2,1,3-5H3. The van der Waals surface area contributed by atoms with Crippen LogP contribution in [-0.4, -0.2) is 36.3 Å². The Hall–Kier alpha value is -2.34. The van der Waals surface area contributed by atoms with E-state index in [0.717, 1.165) is 5.71 Å². The van der Waals surface area contributed by atoms with Crippen molar-refractivity contribution in [2.45, 2.75) is 39.5 Å². The molecule has 1 fully saturated rings. The first-order chi connectivity index (χ1) is 13.6. The number of ether oxygens (including phenoxy) is 2. The summed E-state index contributed by atoms with van der Waals surface area (Å²) in [6, 6.07) is 3.18. The largest absolute Gasteiger partial charge is 0.503 e. The Bertz CT molecular complexity index is 905. The predicted octanol–water partition coefficient (Wildman–Crippen LogP) is 4.29. The number of hydrogen-bond donors (Lipinski definition) is 1. The number of phenols is 1. The topological polar surface area (TPSA) is 85.2 Å². The quantitative estimate of drug-likeness (QED) is 0.736. The number of fused-ring (bicyclic) bond motifs is 1. The molecule has 0 radical (unpaired) electrons. The van der Waals surface area contributed by atoms with Crippen LogP contribution in [0.5, 0.6) is 11.5 Å². The Labute approximate surface area is 175 Å². The molecule has 0 spiro atoms. The number of nitrogens with zero attached hydrogens (tertiary/aromatic N) is 1. The van der Waals surface area contributed by atoms with Crippen molar-refractivity contribution in [3.05, 3.63) is 35.0 Å². The van der Waals surface area contributed by atoms with Crippen LogP contribution in [0.1, 0.15) is 45.1 Å². The number of aliphatic imine (C=N–C) groups is 1. The van der Waals surface area contributed by atoms with E-state index in [4.69, 9.17) is 21.1 Å². The average molecular weight is 420 g/mol. The molecule has 7 heteroatoms. The lowest BCUT2D eigenvalue weighted by Crippen LogP contribution is -2.47. The molecule has 6 nitrogen and oxygen atoms in total. The Morgan fingerprint density at radius 3 is 2.69 bits per heavy atom. The van der Waals surface area contributed by atoms with E-state index in [1.807, 2.05) is 13.8 Å². The number of methoxy groups -OCH3 is 1. The van der Waals surface area contributed by atoms with Crippen molar-refractivity contribution in [2.75, 3.05) is 13.7 Å². The highest BCUT2D eigenvalue weighted by molar-refractivity contribution is 6.32. The maximum absolute atomic E-state index is 13.2. The molecule has 1 aliphatic carbocycles. The number of halogens is 1. The highest BCUT2D eigenvalue weighted by atomic mass is 35.5. The minimum atomic E-state index is -0.820. The van der Waals surface area contributed by atoms with Crippen LogP contribution in [0.25, 0.3) is 0 Å². The van der Waals surface area contributed by atoms with E-state index in [9.17, 15) is 14.7 Å². The van der Waals surface area contributed by atoms with Crippen molar-refractivity contribution < 1.29 is 24.2 Å². The van der Waals surface area contributed by atoms with Gasteiger partial charge in [-0.25, -0.2) is 0 Å². The van der Waals surface area contributed by atoms with Crippen molar-refractivity contribution in [3.63, 3.8) is 0 Å². The molecule has 2 aliphatic rings. The number of rotatable bonds is 4. The summed E-state index contributed by atoms with van der Waals surface area (Å²) in [7, 11) is 1.42. The second kappa shape index (κ2) is 7.82. The van der Waals surface area contributed by atoms with Gasteiger partial charge >= 0.3 is 5.97 Å². The summed E-state index contributed by atoms with van der Waals surface area (Å²) < 4.78 is 10.5. The minimum Gasteiger partial charge on any atom is -0.503 e. The minimum absolute atomic E-state index is 0.0231. The summed E-state index contributed by atoms with van der Waals surface area (Å²) in [5, 5.41) is 10.2. The van der Waals surface area contributed by atoms with Crippen molar-refractivity contribution >= 4 is 29.1 Å². The second-order valence-electron chi connectivity index (χ2n) is 8.37. The van der Waals surface area contributed by atoms with Gasteiger partial charge in [-0.3, -0.25) is 14.6 Å². The summed E-state index contributed by atoms with van der Waals surface area (Å²) in [4.78, 5) is 30.6. The fourth-order valence-corrected chi connectivity index (χ4v) is 4.66. The first kappa shape index (κ1) is 21.4. The number of ketones is 1. The molecule has 1 aromatic rings. The number of carbonyl (C=O) groups excluding carboxylic acids is 2. The zero-order chi connectivity index (χ0) is 21.5. The number of Topliss-reactive ketones (excluding diaryl/α,β-unsaturated/α-hetero) is 1. The highest BCUT2D eigenvalue weighted by Gasteiger charge is 2.50. The normalized spacial score (nSPS) is 25.8. The predicted molar refractivity (Wildman–Crippen MR) is 111 cm³/mol. The SMILES string of the molecule is C=C1N=C2CC(C)(C)CC(=O)C2C(c2cc(Cl)c(O)c(OC)c2)C1C(=O)OCC. The first-order valence-electron chi connectivity index (χ1n) is 9.61. The molecule has 0 aromatic heterocycles. The van der Waals surface area contributed by atoms with Crippen molar-refractivity contribution in [1.29, 1.82) is 0 Å². The number of hydrogen-bond acceptors (Lipinski definition) is 6. The first-order valence-corrected chi connectivity index (χ1v) is 9.99. The zero-order valence-electron chi connectivity index (χ0n) is 17.1. The van der Waals surface area contributed by atoms with Gasteiger partial charge in [0.1, 0.15) is 11.7 Å². The van der Waals surface area contributed by atoms with Crippen LogP contribution in [0, 0.1) is 17.3 Å². The molecule has 1 aromatic carbocycles. The molecule has 0 bridgehead atoms. The highest BCUT2D eigenvalue weighted by Crippen LogP contribution is 2.50. The van der Waals surface area contributed by atoms with Crippen LogP contribution < -0.4 is 4.74 Å². The van der Waals surface area contributed by atoms with E-state index < -0.39 is 23.7 Å². The van der Waals surface area contributed by atoms with Gasteiger partial charge in [0.05, 0.1) is 24.7 Å². The van der Waals surface area contributed by atoms with Gasteiger partial charge in [0.25, 0.3) is 0 Å². The summed E-state index contributed by atoms with van der Waals surface area (Å²) >= 11 is 6.21. The smallest absolute Gasteiger partial charge is 0.315 e. The maximum atomic E-state index is 13.2. The molecule has 0 saturated heterocycles. The third-order valence-electron chi connectivity index (χ3n) is 5.58. The van der Waals surface area contributed by atoms with Crippen LogP contribution in [0.4, 0.5) is 0 Å². The second-order valence-corrected chi connectivity index (χ2v) is 8.77.